The van der Waals surface area contributed by atoms with Crippen molar-refractivity contribution in [2.75, 3.05) is 13.4 Å². The van der Waals surface area contributed by atoms with E-state index in [4.69, 9.17) is 8.92 Å². The second kappa shape index (κ2) is 6.22. The maximum Gasteiger partial charge on any atom is 0.337 e. The number of carbonyl (C=O) groups is 1. The fourth-order valence-electron chi connectivity index (χ4n) is 2.13. The van der Waals surface area contributed by atoms with Crippen LogP contribution in [0.25, 0.3) is 0 Å². The van der Waals surface area contributed by atoms with E-state index in [1.165, 1.54) is 0 Å². The zero-order chi connectivity index (χ0) is 17.4. The van der Waals surface area contributed by atoms with Gasteiger partial charge in [0.15, 0.2) is 6.10 Å². The minimum absolute atomic E-state index is 0.252. The van der Waals surface area contributed by atoms with Gasteiger partial charge in [0.25, 0.3) is 15.7 Å². The minimum atomic E-state index is -3.92. The molecule has 1 aromatic rings. The van der Waals surface area contributed by atoms with Gasteiger partial charge in [0, 0.05) is 6.42 Å². The van der Waals surface area contributed by atoms with Crippen molar-refractivity contribution < 1.29 is 31.3 Å². The lowest BCUT2D eigenvalue weighted by Crippen LogP contribution is -2.35. The molecule has 0 saturated carbocycles. The second-order valence-electron chi connectivity index (χ2n) is 4.75. The lowest BCUT2D eigenvalue weighted by atomic mass is 10.2. The number of H-pyrrole nitrogens is 1. The van der Waals surface area contributed by atoms with E-state index in [9.17, 15) is 27.2 Å². The number of carbonyl (C=O) groups excluding carboxylic acids is 1. The molecule has 1 aromatic heterocycles. The molecule has 128 valence electrons. The number of rotatable bonds is 4. The maximum absolute atomic E-state index is 13.3. The summed E-state index contributed by atoms with van der Waals surface area (Å²) < 4.78 is 51.0. The van der Waals surface area contributed by atoms with E-state index in [1.807, 2.05) is 0 Å². The molecule has 0 aliphatic carbocycles. The summed E-state index contributed by atoms with van der Waals surface area (Å²) in [6, 6.07) is 0. The first-order valence-corrected chi connectivity index (χ1v) is 8.06. The summed E-state index contributed by atoms with van der Waals surface area (Å²) in [4.78, 5) is 36.1. The largest absolute Gasteiger partial charge is 0.467 e. The van der Waals surface area contributed by atoms with E-state index in [0.29, 0.717) is 10.8 Å². The molecule has 1 saturated heterocycles. The molecule has 0 radical (unpaired) electrons. The van der Waals surface area contributed by atoms with Crippen molar-refractivity contribution in [3.05, 3.63) is 32.9 Å². The minimum Gasteiger partial charge on any atom is -0.467 e. The Labute approximate surface area is 128 Å². The molecule has 0 bridgehead atoms. The van der Waals surface area contributed by atoms with Gasteiger partial charge < -0.3 is 9.47 Å². The monoisotopic (exact) mass is 352 g/mol. The summed E-state index contributed by atoms with van der Waals surface area (Å²) in [5.74, 6) is -2.16. The molecule has 2 rings (SSSR count). The molecule has 2 unspecified atom stereocenters. The Bertz CT molecular complexity index is 829. The summed E-state index contributed by atoms with van der Waals surface area (Å²) in [5.41, 5.74) is -2.19. The number of aromatic amines is 1. The molecule has 1 aliphatic rings. The summed E-state index contributed by atoms with van der Waals surface area (Å²) in [6.07, 6.45) is -2.78. The molecule has 2 heterocycles. The van der Waals surface area contributed by atoms with Crippen LogP contribution in [0.4, 0.5) is 4.39 Å². The molecule has 0 aromatic carbocycles. The number of ether oxygens (including phenoxy) is 2. The molecule has 12 heteroatoms. The Morgan fingerprint density at radius 1 is 1.48 bits per heavy atom. The number of methoxy groups -OCH3 is 1. The van der Waals surface area contributed by atoms with Crippen molar-refractivity contribution in [2.24, 2.45) is 0 Å². The van der Waals surface area contributed by atoms with Crippen molar-refractivity contribution in [1.82, 2.24) is 9.55 Å². The predicted molar refractivity (Wildman–Crippen MR) is 71.5 cm³/mol. The van der Waals surface area contributed by atoms with E-state index in [1.54, 1.807) is 4.98 Å². The van der Waals surface area contributed by atoms with Gasteiger partial charge in [0.2, 0.25) is 5.82 Å². The van der Waals surface area contributed by atoms with Crippen LogP contribution in [0.2, 0.25) is 0 Å². The molecule has 3 atom stereocenters. The Balaban J connectivity index is 2.36. The average molecular weight is 352 g/mol. The lowest BCUT2D eigenvalue weighted by molar-refractivity contribution is -0.158. The molecule has 0 amide bonds. The molecule has 23 heavy (non-hydrogen) atoms. The Kier molecular flexibility index (Phi) is 4.68. The smallest absolute Gasteiger partial charge is 0.337 e. The van der Waals surface area contributed by atoms with Gasteiger partial charge in [-0.2, -0.15) is 12.8 Å². The third-order valence-electron chi connectivity index (χ3n) is 3.04. The normalized spacial score (nSPS) is 24.6. The highest BCUT2D eigenvalue weighted by molar-refractivity contribution is 7.86. The van der Waals surface area contributed by atoms with Crippen LogP contribution < -0.4 is 11.2 Å². The molecular formula is C11H13FN2O8S. The van der Waals surface area contributed by atoms with Gasteiger partial charge in [-0.3, -0.25) is 18.5 Å². The summed E-state index contributed by atoms with van der Waals surface area (Å²) in [5, 5.41) is 0. The standard InChI is InChI=1S/C11H13FN2O8S/c1-20-10(16)8-6(22-23(2,18)19)3-7(21-8)14-4-5(12)9(15)13-11(14)17/h4,6-8H,3H2,1-2H3,(H,13,15,17)/t6?,7-,8?/m0/s1. The zero-order valence-electron chi connectivity index (χ0n) is 12.0. The van der Waals surface area contributed by atoms with E-state index < -0.39 is 51.6 Å². The van der Waals surface area contributed by atoms with Crippen LogP contribution in [0.15, 0.2) is 15.8 Å². The van der Waals surface area contributed by atoms with Crippen molar-refractivity contribution in [2.45, 2.75) is 24.9 Å². The van der Waals surface area contributed by atoms with E-state index in [2.05, 4.69) is 4.74 Å². The van der Waals surface area contributed by atoms with Crippen LogP contribution in [0.3, 0.4) is 0 Å². The number of nitrogens with zero attached hydrogens (tertiary/aromatic N) is 1. The van der Waals surface area contributed by atoms with Crippen LogP contribution in [0.5, 0.6) is 0 Å². The average Bonchev–Trinajstić information content (AvgIpc) is 2.83. The summed E-state index contributed by atoms with van der Waals surface area (Å²) in [6.45, 7) is 0. The highest BCUT2D eigenvalue weighted by atomic mass is 32.2. The second-order valence-corrected chi connectivity index (χ2v) is 6.35. The molecular weight excluding hydrogens is 339 g/mol. The van der Waals surface area contributed by atoms with Crippen LogP contribution in [0, 0.1) is 5.82 Å². The van der Waals surface area contributed by atoms with Gasteiger partial charge >= 0.3 is 11.7 Å². The first-order chi connectivity index (χ1) is 10.6. The van der Waals surface area contributed by atoms with Crippen LogP contribution in [-0.2, 0) is 28.6 Å². The Hall–Kier alpha value is -2.05. The molecule has 1 aliphatic heterocycles. The number of aromatic nitrogens is 2. The van der Waals surface area contributed by atoms with Gasteiger partial charge in [0.05, 0.1) is 19.6 Å². The van der Waals surface area contributed by atoms with Crippen molar-refractivity contribution in [1.29, 1.82) is 0 Å². The highest BCUT2D eigenvalue weighted by Gasteiger charge is 2.44. The summed E-state index contributed by atoms with van der Waals surface area (Å²) in [7, 11) is -2.86. The van der Waals surface area contributed by atoms with Gasteiger partial charge in [-0.25, -0.2) is 9.59 Å². The van der Waals surface area contributed by atoms with E-state index >= 15 is 0 Å². The van der Waals surface area contributed by atoms with E-state index in [0.717, 1.165) is 13.4 Å². The van der Waals surface area contributed by atoms with Gasteiger partial charge in [0.1, 0.15) is 12.3 Å². The van der Waals surface area contributed by atoms with Crippen molar-refractivity contribution in [3.8, 4) is 0 Å². The van der Waals surface area contributed by atoms with Gasteiger partial charge in [-0.05, 0) is 0 Å². The van der Waals surface area contributed by atoms with Crippen LogP contribution in [-0.4, -0.2) is 49.5 Å². The number of halogens is 1. The molecule has 1 fully saturated rings. The van der Waals surface area contributed by atoms with Crippen LogP contribution in [0.1, 0.15) is 12.6 Å². The molecule has 0 spiro atoms. The topological polar surface area (TPSA) is 134 Å². The fraction of sp³-hybridized carbons (Fsp3) is 0.545. The quantitative estimate of drug-likeness (QED) is 0.510. The SMILES string of the molecule is COC(=O)C1O[C@H](n2cc(F)c(=O)[nH]c2=O)CC1OS(C)(=O)=O. The number of esters is 1. The maximum atomic E-state index is 13.3. The van der Waals surface area contributed by atoms with E-state index in [-0.39, 0.29) is 6.42 Å². The zero-order valence-corrected chi connectivity index (χ0v) is 12.8. The number of nitrogens with one attached hydrogen (secondary N) is 1. The number of hydrogen-bond acceptors (Lipinski definition) is 8. The molecule has 10 nitrogen and oxygen atoms in total. The first-order valence-electron chi connectivity index (χ1n) is 6.25. The van der Waals surface area contributed by atoms with Crippen molar-refractivity contribution >= 4 is 16.1 Å². The third-order valence-corrected chi connectivity index (χ3v) is 3.64. The third kappa shape index (κ3) is 3.83. The first kappa shape index (κ1) is 17.3. The summed E-state index contributed by atoms with van der Waals surface area (Å²) >= 11 is 0. The Morgan fingerprint density at radius 2 is 2.13 bits per heavy atom. The number of hydrogen-bond donors (Lipinski definition) is 1. The highest BCUT2D eigenvalue weighted by Crippen LogP contribution is 2.31. The predicted octanol–water partition coefficient (Wildman–Crippen LogP) is -1.52. The van der Waals surface area contributed by atoms with Gasteiger partial charge in [-0.15, -0.1) is 0 Å². The lowest BCUT2D eigenvalue weighted by Gasteiger charge is -2.15. The fourth-order valence-corrected chi connectivity index (χ4v) is 2.75. The molecule has 1 N–H and O–H groups in total. The van der Waals surface area contributed by atoms with Crippen molar-refractivity contribution in [3.63, 3.8) is 0 Å². The Morgan fingerprint density at radius 3 is 2.70 bits per heavy atom. The van der Waals surface area contributed by atoms with Gasteiger partial charge in [-0.1, -0.05) is 0 Å². The van der Waals surface area contributed by atoms with Crippen LogP contribution >= 0.6 is 0 Å².